The number of imide groups is 1. The SMILES string of the molecule is Cc1ccc(N2C(=O)C3Sc4c(sc(=O)n4CC(=O)Nc4ccccc4C)[C@H](c4cccc(Cl)c4Cl)C3C2=O)cc1. The molecule has 1 saturated heterocycles. The third kappa shape index (κ3) is 4.80. The normalized spacial score (nSPS) is 19.7. The number of carbonyl (C=O) groups excluding carboxylic acids is 3. The molecule has 7 nitrogen and oxygen atoms in total. The topological polar surface area (TPSA) is 88.5 Å². The number of nitrogens with one attached hydrogen (secondary N) is 1. The third-order valence-corrected chi connectivity index (χ3v) is 10.8. The Morgan fingerprint density at radius 3 is 2.39 bits per heavy atom. The number of hydrogen-bond donors (Lipinski definition) is 1. The monoisotopic (exact) mass is 623 g/mol. The number of benzene rings is 3. The maximum Gasteiger partial charge on any atom is 0.308 e. The quantitative estimate of drug-likeness (QED) is 0.265. The lowest BCUT2D eigenvalue weighted by Gasteiger charge is -2.31. The van der Waals surface area contributed by atoms with E-state index in [4.69, 9.17) is 23.2 Å². The minimum Gasteiger partial charge on any atom is -0.324 e. The van der Waals surface area contributed by atoms with Gasteiger partial charge in [-0.1, -0.05) is 94.3 Å². The molecule has 3 heterocycles. The molecule has 0 aliphatic carbocycles. The zero-order valence-corrected chi connectivity index (χ0v) is 25.0. The second-order valence-electron chi connectivity index (χ2n) is 10.0. The Balaban J connectivity index is 1.44. The predicted octanol–water partition coefficient (Wildman–Crippen LogP) is 6.27. The Bertz CT molecular complexity index is 1780. The van der Waals surface area contributed by atoms with Crippen LogP contribution in [0.3, 0.4) is 0 Å². The van der Waals surface area contributed by atoms with Crippen LogP contribution in [0.2, 0.25) is 10.0 Å². The van der Waals surface area contributed by atoms with E-state index in [1.165, 1.54) is 9.47 Å². The number of thiazole rings is 1. The fourth-order valence-electron chi connectivity index (χ4n) is 5.35. The summed E-state index contributed by atoms with van der Waals surface area (Å²) < 4.78 is 1.38. The Labute approximate surface area is 254 Å². The number of anilines is 2. The molecule has 208 valence electrons. The van der Waals surface area contributed by atoms with E-state index in [0.717, 1.165) is 34.2 Å². The molecule has 3 aromatic carbocycles. The van der Waals surface area contributed by atoms with Gasteiger partial charge in [-0.05, 0) is 49.2 Å². The van der Waals surface area contributed by atoms with Crippen LogP contribution in [0.25, 0.3) is 0 Å². The predicted molar refractivity (Wildman–Crippen MR) is 163 cm³/mol. The lowest BCUT2D eigenvalue weighted by molar-refractivity contribution is -0.122. The van der Waals surface area contributed by atoms with Gasteiger partial charge in [0.05, 0.1) is 26.7 Å². The van der Waals surface area contributed by atoms with Gasteiger partial charge in [0.15, 0.2) is 0 Å². The summed E-state index contributed by atoms with van der Waals surface area (Å²) in [6.45, 7) is 3.56. The van der Waals surface area contributed by atoms with Gasteiger partial charge < -0.3 is 5.32 Å². The second-order valence-corrected chi connectivity index (χ2v) is 12.9. The summed E-state index contributed by atoms with van der Waals surface area (Å²) in [6, 6.07) is 19.7. The number of fused-ring (bicyclic) bond motifs is 2. The molecule has 0 radical (unpaired) electrons. The van der Waals surface area contributed by atoms with E-state index in [1.54, 1.807) is 36.4 Å². The van der Waals surface area contributed by atoms with Crippen molar-refractivity contribution >= 4 is 75.4 Å². The number of hydrogen-bond acceptors (Lipinski definition) is 6. The molecule has 2 unspecified atom stereocenters. The van der Waals surface area contributed by atoms with Crippen LogP contribution < -0.4 is 15.1 Å². The molecule has 0 spiro atoms. The molecule has 3 amide bonds. The number of para-hydroxylation sites is 1. The first-order chi connectivity index (χ1) is 19.7. The first-order valence-corrected chi connectivity index (χ1v) is 15.2. The van der Waals surface area contributed by atoms with Crippen molar-refractivity contribution in [2.75, 3.05) is 10.2 Å². The summed E-state index contributed by atoms with van der Waals surface area (Å²) in [7, 11) is 0. The molecule has 3 atom stereocenters. The molecule has 4 aromatic rings. The van der Waals surface area contributed by atoms with Crippen molar-refractivity contribution in [1.29, 1.82) is 0 Å². The van der Waals surface area contributed by atoms with Crippen molar-refractivity contribution in [2.24, 2.45) is 5.92 Å². The van der Waals surface area contributed by atoms with E-state index in [9.17, 15) is 19.2 Å². The highest BCUT2D eigenvalue weighted by atomic mass is 35.5. The van der Waals surface area contributed by atoms with Crippen molar-refractivity contribution < 1.29 is 14.4 Å². The molecule has 0 bridgehead atoms. The molecule has 2 aliphatic heterocycles. The number of thioether (sulfide) groups is 1. The van der Waals surface area contributed by atoms with Gasteiger partial charge in [-0.3, -0.25) is 23.7 Å². The first kappa shape index (κ1) is 27.8. The highest BCUT2D eigenvalue weighted by Gasteiger charge is 2.57. The largest absolute Gasteiger partial charge is 0.324 e. The summed E-state index contributed by atoms with van der Waals surface area (Å²) in [5, 5.41) is 3.09. The van der Waals surface area contributed by atoms with E-state index < -0.39 is 17.1 Å². The maximum atomic E-state index is 14.0. The number of aryl methyl sites for hydroxylation is 2. The smallest absolute Gasteiger partial charge is 0.308 e. The van der Waals surface area contributed by atoms with Gasteiger partial charge >= 0.3 is 4.87 Å². The van der Waals surface area contributed by atoms with Crippen LogP contribution in [-0.2, 0) is 20.9 Å². The minimum atomic E-state index is -0.823. The molecule has 0 saturated carbocycles. The summed E-state index contributed by atoms with van der Waals surface area (Å²) in [6.07, 6.45) is 0. The zero-order chi connectivity index (χ0) is 29.0. The lowest BCUT2D eigenvalue weighted by atomic mass is 9.83. The number of carbonyl (C=O) groups is 3. The van der Waals surface area contributed by atoms with Crippen LogP contribution in [0, 0.1) is 19.8 Å². The molecule has 1 aromatic heterocycles. The van der Waals surface area contributed by atoms with Crippen LogP contribution in [-0.4, -0.2) is 27.5 Å². The van der Waals surface area contributed by atoms with Crippen molar-refractivity contribution in [3.63, 3.8) is 0 Å². The molecule has 1 N–H and O–H groups in total. The highest BCUT2D eigenvalue weighted by molar-refractivity contribution is 8.00. The van der Waals surface area contributed by atoms with E-state index in [2.05, 4.69) is 5.32 Å². The maximum absolute atomic E-state index is 14.0. The van der Waals surface area contributed by atoms with Crippen molar-refractivity contribution in [3.05, 3.63) is 108 Å². The van der Waals surface area contributed by atoms with E-state index in [1.807, 2.05) is 44.2 Å². The highest BCUT2D eigenvalue weighted by Crippen LogP contribution is 2.55. The molecule has 2 aliphatic rings. The molecule has 11 heteroatoms. The van der Waals surface area contributed by atoms with Crippen LogP contribution in [0.15, 0.2) is 76.6 Å². The summed E-state index contributed by atoms with van der Waals surface area (Å²) >= 11 is 15.2. The van der Waals surface area contributed by atoms with Crippen molar-refractivity contribution in [3.8, 4) is 0 Å². The Kier molecular flexibility index (Phi) is 7.32. The lowest BCUT2D eigenvalue weighted by Crippen LogP contribution is -2.33. The van der Waals surface area contributed by atoms with Gasteiger partial charge in [0, 0.05) is 16.5 Å². The fraction of sp³-hybridized carbons (Fsp3) is 0.200. The number of nitrogens with zero attached hydrogens (tertiary/aromatic N) is 2. The zero-order valence-electron chi connectivity index (χ0n) is 21.9. The van der Waals surface area contributed by atoms with Crippen LogP contribution in [0.5, 0.6) is 0 Å². The van der Waals surface area contributed by atoms with Gasteiger partial charge in [0.2, 0.25) is 17.7 Å². The Morgan fingerprint density at radius 2 is 1.66 bits per heavy atom. The minimum absolute atomic E-state index is 0.247. The Hall–Kier alpha value is -3.37. The molecule has 1 fully saturated rings. The van der Waals surface area contributed by atoms with Crippen molar-refractivity contribution in [1.82, 2.24) is 4.57 Å². The van der Waals surface area contributed by atoms with Crippen molar-refractivity contribution in [2.45, 2.75) is 36.6 Å². The second kappa shape index (κ2) is 10.8. The Morgan fingerprint density at radius 1 is 0.927 bits per heavy atom. The average molecular weight is 625 g/mol. The van der Waals surface area contributed by atoms with Crippen LogP contribution in [0.4, 0.5) is 11.4 Å². The molecular weight excluding hydrogens is 601 g/mol. The standard InChI is InChI=1S/C30H23Cl2N3O4S2/c1-15-10-12-17(13-11-15)35-27(37)23-22(18-7-5-8-19(31)24(18)32)26-29(40-25(23)28(35)38)34(30(39)41-26)14-21(36)33-20-9-4-3-6-16(20)2/h3-13,22-23,25H,14H2,1-2H3,(H,33,36)/t22-,23?,25?/m1/s1. The van der Waals surface area contributed by atoms with Gasteiger partial charge in [0.1, 0.15) is 11.8 Å². The number of aromatic nitrogens is 1. The van der Waals surface area contributed by atoms with Gasteiger partial charge in [0.25, 0.3) is 0 Å². The number of rotatable bonds is 5. The van der Waals surface area contributed by atoms with E-state index in [0.29, 0.717) is 31.9 Å². The van der Waals surface area contributed by atoms with Crippen LogP contribution >= 0.6 is 46.3 Å². The molecular formula is C30H23Cl2N3O4S2. The first-order valence-electron chi connectivity index (χ1n) is 12.8. The van der Waals surface area contributed by atoms with E-state index >= 15 is 0 Å². The summed E-state index contributed by atoms with van der Waals surface area (Å²) in [5.74, 6) is -2.64. The van der Waals surface area contributed by atoms with Gasteiger partial charge in [-0.2, -0.15) is 0 Å². The number of amides is 3. The van der Waals surface area contributed by atoms with Crippen LogP contribution in [0.1, 0.15) is 27.5 Å². The summed E-state index contributed by atoms with van der Waals surface area (Å²) in [4.78, 5) is 55.7. The third-order valence-electron chi connectivity index (χ3n) is 7.38. The summed E-state index contributed by atoms with van der Waals surface area (Å²) in [5.41, 5.74) is 3.57. The molecule has 41 heavy (non-hydrogen) atoms. The fourth-order valence-corrected chi connectivity index (χ4v) is 8.54. The number of halogens is 2. The molecule has 6 rings (SSSR count). The van der Waals surface area contributed by atoms with E-state index in [-0.39, 0.29) is 34.2 Å². The average Bonchev–Trinajstić information content (AvgIpc) is 3.38. The van der Waals surface area contributed by atoms with Gasteiger partial charge in [-0.25, -0.2) is 4.90 Å². The van der Waals surface area contributed by atoms with Gasteiger partial charge in [-0.15, -0.1) is 0 Å².